The third kappa shape index (κ3) is 2.35. The van der Waals surface area contributed by atoms with Crippen LogP contribution >= 0.6 is 0 Å². The molecule has 0 amide bonds. The molecule has 8 rings (SSSR count). The minimum Gasteiger partial charge on any atom is -0.190 e. The molecule has 2 nitrogen and oxygen atoms in total. The fourth-order valence-corrected chi connectivity index (χ4v) is 6.17. The first-order valence-electron chi connectivity index (χ1n) is 11.9. The molecule has 1 saturated carbocycles. The largest absolute Gasteiger partial charge is 0.226 e. The molecule has 1 aliphatic carbocycles. The van der Waals surface area contributed by atoms with Gasteiger partial charge in [-0.2, -0.15) is 9.13 Å². The molecule has 2 aromatic heterocycles. The summed E-state index contributed by atoms with van der Waals surface area (Å²) in [5.41, 5.74) is 13.4. The molecule has 158 valence electrons. The summed E-state index contributed by atoms with van der Waals surface area (Å²) in [6.07, 6.45) is 4.48. The highest BCUT2D eigenvalue weighted by molar-refractivity contribution is 5.88. The summed E-state index contributed by atoms with van der Waals surface area (Å²) in [6, 6.07) is 40.1. The summed E-state index contributed by atoms with van der Waals surface area (Å²) in [5, 5.41) is 0. The molecule has 2 atom stereocenters. The number of hydrogen-bond acceptors (Lipinski definition) is 0. The Morgan fingerprint density at radius 2 is 1.29 bits per heavy atom. The first-order chi connectivity index (χ1) is 16.9. The van der Waals surface area contributed by atoms with Crippen LogP contribution in [0.4, 0.5) is 0 Å². The van der Waals surface area contributed by atoms with E-state index in [0.29, 0.717) is 12.0 Å². The smallest absolute Gasteiger partial charge is 0.190 e. The quantitative estimate of drug-likeness (QED) is 0.273. The zero-order valence-corrected chi connectivity index (χ0v) is 18.6. The van der Waals surface area contributed by atoms with Crippen LogP contribution in [0.3, 0.4) is 0 Å². The zero-order chi connectivity index (χ0) is 22.2. The van der Waals surface area contributed by atoms with Gasteiger partial charge >= 0.3 is 0 Å². The van der Waals surface area contributed by atoms with Gasteiger partial charge in [-0.05, 0) is 47.0 Å². The van der Waals surface area contributed by atoms with Gasteiger partial charge in [-0.15, -0.1) is 0 Å². The van der Waals surface area contributed by atoms with Crippen LogP contribution in [-0.2, 0) is 0 Å². The highest BCUT2D eigenvalue weighted by Gasteiger charge is 2.63. The molecule has 2 heteroatoms. The van der Waals surface area contributed by atoms with E-state index in [9.17, 15) is 0 Å². The molecule has 34 heavy (non-hydrogen) atoms. The SMILES string of the molecule is c1ccc(-c2ccc3c(c2)/C(=C2\C4c5ccccc5-c5cccc[n+]5C24)[n+]2ccccc2-3)cc1. The number of hydrogen-bond donors (Lipinski definition) is 0. The Morgan fingerprint density at radius 3 is 2.21 bits per heavy atom. The lowest BCUT2D eigenvalue weighted by atomic mass is 9.96. The maximum absolute atomic E-state index is 2.48. The van der Waals surface area contributed by atoms with E-state index in [1.54, 1.807) is 0 Å². The van der Waals surface area contributed by atoms with Gasteiger partial charge in [0, 0.05) is 24.3 Å². The van der Waals surface area contributed by atoms with Gasteiger partial charge in [0.1, 0.15) is 0 Å². The van der Waals surface area contributed by atoms with Gasteiger partial charge in [-0.3, -0.25) is 0 Å². The Kier molecular flexibility index (Phi) is 3.53. The summed E-state index contributed by atoms with van der Waals surface area (Å²) in [6.45, 7) is 0. The predicted molar refractivity (Wildman–Crippen MR) is 134 cm³/mol. The number of fused-ring (bicyclic) bond motifs is 9. The van der Waals surface area contributed by atoms with Crippen molar-refractivity contribution < 1.29 is 9.13 Å². The van der Waals surface area contributed by atoms with Crippen LogP contribution in [0.1, 0.15) is 23.1 Å². The molecule has 0 saturated heterocycles. The maximum atomic E-state index is 2.48. The molecule has 0 spiro atoms. The van der Waals surface area contributed by atoms with Crippen LogP contribution in [0.5, 0.6) is 0 Å². The van der Waals surface area contributed by atoms with Gasteiger partial charge in [0.15, 0.2) is 18.4 Å². The van der Waals surface area contributed by atoms with Crippen molar-refractivity contribution in [1.82, 2.24) is 0 Å². The van der Waals surface area contributed by atoms with Gasteiger partial charge in [0.05, 0.1) is 28.2 Å². The third-order valence-corrected chi connectivity index (χ3v) is 7.65. The number of rotatable bonds is 1. The van der Waals surface area contributed by atoms with Crippen molar-refractivity contribution in [3.63, 3.8) is 0 Å². The number of benzene rings is 3. The van der Waals surface area contributed by atoms with Crippen LogP contribution in [-0.4, -0.2) is 0 Å². The van der Waals surface area contributed by atoms with Crippen molar-refractivity contribution >= 4 is 5.70 Å². The second kappa shape index (κ2) is 6.61. The molecule has 4 heterocycles. The van der Waals surface area contributed by atoms with E-state index in [-0.39, 0.29) is 0 Å². The standard InChI is InChI=1S/C32H22N2/c1-2-10-21(11-3-1)22-16-17-24-26(20-22)31(33-18-8-6-15-28(24)33)30-29-25-13-5-4-12-23(25)27-14-7-9-19-34(27)32(29)30/h1-20,29,32H/q+2/b31-30-. The average molecular weight is 435 g/mol. The molecule has 2 unspecified atom stereocenters. The molecule has 1 fully saturated rings. The molecule has 2 aliphatic heterocycles. The average Bonchev–Trinajstić information content (AvgIpc) is 3.57. The summed E-state index contributed by atoms with van der Waals surface area (Å²) >= 11 is 0. The van der Waals surface area contributed by atoms with Crippen LogP contribution in [0.2, 0.25) is 0 Å². The van der Waals surface area contributed by atoms with Gasteiger partial charge in [0.25, 0.3) is 0 Å². The van der Waals surface area contributed by atoms with E-state index < -0.39 is 0 Å². The number of allylic oxidation sites excluding steroid dienone is 1. The highest BCUT2D eigenvalue weighted by Crippen LogP contribution is 2.62. The lowest BCUT2D eigenvalue weighted by molar-refractivity contribution is -0.689. The van der Waals surface area contributed by atoms with E-state index in [0.717, 1.165) is 0 Å². The first-order valence-corrected chi connectivity index (χ1v) is 11.9. The van der Waals surface area contributed by atoms with E-state index in [2.05, 4.69) is 131 Å². The summed E-state index contributed by atoms with van der Waals surface area (Å²) in [7, 11) is 0. The number of pyridine rings is 2. The molecule has 0 bridgehead atoms. The first kappa shape index (κ1) is 18.2. The molecule has 0 N–H and O–H groups in total. The van der Waals surface area contributed by atoms with Gasteiger partial charge in [0.2, 0.25) is 17.1 Å². The molecule has 3 aromatic carbocycles. The number of aromatic nitrogens is 2. The fraction of sp³-hybridized carbons (Fsp3) is 0.0625. The summed E-state index contributed by atoms with van der Waals surface area (Å²) in [4.78, 5) is 0. The van der Waals surface area contributed by atoms with Crippen molar-refractivity contribution in [2.75, 3.05) is 0 Å². The van der Waals surface area contributed by atoms with Crippen LogP contribution < -0.4 is 9.13 Å². The minimum atomic E-state index is 0.369. The van der Waals surface area contributed by atoms with E-state index in [1.807, 2.05) is 0 Å². The Labute approximate surface area is 198 Å². The lowest BCUT2D eigenvalue weighted by Gasteiger charge is -2.12. The van der Waals surface area contributed by atoms with Crippen molar-refractivity contribution in [1.29, 1.82) is 0 Å². The lowest BCUT2D eigenvalue weighted by Crippen LogP contribution is -2.38. The Hall–Kier alpha value is -4.30. The minimum absolute atomic E-state index is 0.369. The van der Waals surface area contributed by atoms with Crippen molar-refractivity contribution in [2.45, 2.75) is 12.0 Å². The van der Waals surface area contributed by atoms with Gasteiger partial charge < -0.3 is 0 Å². The van der Waals surface area contributed by atoms with Crippen LogP contribution in [0.15, 0.2) is 127 Å². The van der Waals surface area contributed by atoms with Gasteiger partial charge in [-0.1, -0.05) is 54.6 Å². The summed E-state index contributed by atoms with van der Waals surface area (Å²) in [5.74, 6) is 0.415. The van der Waals surface area contributed by atoms with Crippen molar-refractivity contribution in [3.8, 4) is 33.6 Å². The van der Waals surface area contributed by atoms with Gasteiger partial charge in [-0.25, -0.2) is 0 Å². The van der Waals surface area contributed by atoms with E-state index >= 15 is 0 Å². The Balaban J connectivity index is 1.42. The Morgan fingerprint density at radius 1 is 0.529 bits per heavy atom. The highest BCUT2D eigenvalue weighted by atomic mass is 15.1. The molecular formula is C32H22N2+2. The van der Waals surface area contributed by atoms with Crippen LogP contribution in [0, 0.1) is 0 Å². The van der Waals surface area contributed by atoms with Crippen LogP contribution in [0.25, 0.3) is 39.3 Å². The maximum Gasteiger partial charge on any atom is 0.226 e. The van der Waals surface area contributed by atoms with Crippen molar-refractivity contribution in [3.05, 3.63) is 138 Å². The van der Waals surface area contributed by atoms with Crippen molar-refractivity contribution in [2.24, 2.45) is 0 Å². The fourth-order valence-electron chi connectivity index (χ4n) is 6.17. The zero-order valence-electron chi connectivity index (χ0n) is 18.6. The topological polar surface area (TPSA) is 7.76 Å². The Bertz CT molecular complexity index is 1610. The van der Waals surface area contributed by atoms with E-state index in [4.69, 9.17) is 0 Å². The molecular weight excluding hydrogens is 412 g/mol. The monoisotopic (exact) mass is 434 g/mol. The summed E-state index contributed by atoms with van der Waals surface area (Å²) < 4.78 is 4.90. The second-order valence-corrected chi connectivity index (χ2v) is 9.39. The molecule has 0 radical (unpaired) electrons. The normalized spacial score (nSPS) is 20.6. The third-order valence-electron chi connectivity index (χ3n) is 7.65. The molecule has 5 aromatic rings. The second-order valence-electron chi connectivity index (χ2n) is 9.39. The molecule has 3 aliphatic rings. The predicted octanol–water partition coefficient (Wildman–Crippen LogP) is 6.19. The number of nitrogens with zero attached hydrogens (tertiary/aromatic N) is 2. The van der Waals surface area contributed by atoms with E-state index in [1.165, 1.54) is 56.0 Å².